The first-order chi connectivity index (χ1) is 10.1. The van der Waals surface area contributed by atoms with Gasteiger partial charge in [0.25, 0.3) is 5.91 Å². The predicted molar refractivity (Wildman–Crippen MR) is 66.4 cm³/mol. The predicted octanol–water partition coefficient (Wildman–Crippen LogP) is -1.26. The molecule has 2 N–H and O–H groups in total. The second kappa shape index (κ2) is 3.96. The number of hydrogen-bond acceptors (Lipinski definition) is 6. The third-order valence-corrected chi connectivity index (χ3v) is 4.44. The van der Waals surface area contributed by atoms with Crippen LogP contribution in [-0.4, -0.2) is 50.0 Å². The van der Waals surface area contributed by atoms with Crippen molar-refractivity contribution in [1.82, 2.24) is 30.7 Å². The standard InChI is InChI=1S/C12H12N6O3/c19-9-6-3-12(4-6,10(20)16-9)18-5-7(15-11(18)21)8-13-1-2-14-17-8/h1-2,6-7H,3-5H2,(H,15,21)(H,16,19,20). The fourth-order valence-corrected chi connectivity index (χ4v) is 3.27. The molecule has 1 unspecified atom stereocenters. The molecule has 108 valence electrons. The lowest BCUT2D eigenvalue weighted by molar-refractivity contribution is -0.159. The largest absolute Gasteiger partial charge is 0.326 e. The monoisotopic (exact) mass is 288 g/mol. The molecule has 2 bridgehead atoms. The van der Waals surface area contributed by atoms with E-state index in [9.17, 15) is 14.4 Å². The summed E-state index contributed by atoms with van der Waals surface area (Å²) >= 11 is 0. The van der Waals surface area contributed by atoms with Gasteiger partial charge in [-0.1, -0.05) is 0 Å². The van der Waals surface area contributed by atoms with Gasteiger partial charge in [-0.05, 0) is 12.8 Å². The van der Waals surface area contributed by atoms with Crippen LogP contribution in [0.25, 0.3) is 0 Å². The smallest absolute Gasteiger partial charge is 0.319 e. The van der Waals surface area contributed by atoms with E-state index in [2.05, 4.69) is 25.8 Å². The van der Waals surface area contributed by atoms with Crippen LogP contribution >= 0.6 is 0 Å². The second-order valence-corrected chi connectivity index (χ2v) is 5.57. The number of nitrogens with zero attached hydrogens (tertiary/aromatic N) is 4. The maximum atomic E-state index is 12.2. The van der Waals surface area contributed by atoms with E-state index >= 15 is 0 Å². The van der Waals surface area contributed by atoms with Gasteiger partial charge < -0.3 is 10.2 Å². The van der Waals surface area contributed by atoms with Crippen LogP contribution in [0.15, 0.2) is 12.4 Å². The summed E-state index contributed by atoms with van der Waals surface area (Å²) in [6.07, 6.45) is 3.74. The number of hydrogen-bond donors (Lipinski definition) is 2. The average molecular weight is 288 g/mol. The molecule has 9 nitrogen and oxygen atoms in total. The summed E-state index contributed by atoms with van der Waals surface area (Å²) in [4.78, 5) is 41.4. The fourth-order valence-electron chi connectivity index (χ4n) is 3.27. The zero-order chi connectivity index (χ0) is 14.6. The Balaban J connectivity index is 1.59. The highest BCUT2D eigenvalue weighted by molar-refractivity contribution is 6.08. The van der Waals surface area contributed by atoms with Gasteiger partial charge in [-0.15, -0.1) is 5.10 Å². The van der Waals surface area contributed by atoms with E-state index in [1.807, 2.05) is 0 Å². The van der Waals surface area contributed by atoms with E-state index in [0.29, 0.717) is 25.2 Å². The summed E-state index contributed by atoms with van der Waals surface area (Å²) in [6.45, 7) is 0.291. The molecule has 1 atom stereocenters. The summed E-state index contributed by atoms with van der Waals surface area (Å²) in [5, 5.41) is 12.7. The molecule has 4 heterocycles. The van der Waals surface area contributed by atoms with E-state index in [4.69, 9.17) is 0 Å². The van der Waals surface area contributed by atoms with E-state index in [1.165, 1.54) is 17.3 Å². The van der Waals surface area contributed by atoms with Crippen LogP contribution in [-0.2, 0) is 9.59 Å². The minimum Gasteiger partial charge on any atom is -0.326 e. The molecule has 0 spiro atoms. The minimum absolute atomic E-state index is 0.177. The van der Waals surface area contributed by atoms with Crippen LogP contribution in [0.4, 0.5) is 4.79 Å². The molecule has 3 saturated heterocycles. The summed E-state index contributed by atoms with van der Waals surface area (Å²) in [5.41, 5.74) is -0.903. The maximum absolute atomic E-state index is 12.2. The Morgan fingerprint density at radius 3 is 2.71 bits per heavy atom. The Bertz CT molecular complexity index is 642. The van der Waals surface area contributed by atoms with Gasteiger partial charge >= 0.3 is 6.03 Å². The average Bonchev–Trinajstić information content (AvgIpc) is 2.81. The van der Waals surface area contributed by atoms with Crippen LogP contribution in [0.2, 0.25) is 0 Å². The van der Waals surface area contributed by atoms with Crippen molar-refractivity contribution in [3.05, 3.63) is 18.2 Å². The molecule has 4 amide bonds. The molecule has 0 aromatic carbocycles. The lowest BCUT2D eigenvalue weighted by Crippen LogP contribution is -2.73. The van der Waals surface area contributed by atoms with Gasteiger partial charge in [-0.3, -0.25) is 14.9 Å². The van der Waals surface area contributed by atoms with Gasteiger partial charge in [0.2, 0.25) is 5.91 Å². The Hall–Kier alpha value is -2.58. The fraction of sp³-hybridized carbons (Fsp3) is 0.500. The molecule has 1 aromatic heterocycles. The molecular weight excluding hydrogens is 276 g/mol. The Kier molecular flexibility index (Phi) is 2.30. The molecule has 4 aliphatic rings. The van der Waals surface area contributed by atoms with Gasteiger partial charge in [0.05, 0.1) is 12.7 Å². The zero-order valence-corrected chi connectivity index (χ0v) is 10.9. The normalized spacial score (nSPS) is 34.3. The van der Waals surface area contributed by atoms with E-state index in [-0.39, 0.29) is 17.9 Å². The molecule has 1 aliphatic carbocycles. The lowest BCUT2D eigenvalue weighted by Gasteiger charge is -2.53. The highest BCUT2D eigenvalue weighted by Crippen LogP contribution is 2.47. The number of piperidine rings is 2. The van der Waals surface area contributed by atoms with E-state index < -0.39 is 17.5 Å². The van der Waals surface area contributed by atoms with Crippen molar-refractivity contribution in [2.24, 2.45) is 5.92 Å². The molecule has 1 aromatic rings. The van der Waals surface area contributed by atoms with Crippen molar-refractivity contribution in [3.8, 4) is 0 Å². The summed E-state index contributed by atoms with van der Waals surface area (Å²) in [7, 11) is 0. The topological polar surface area (TPSA) is 117 Å². The molecule has 5 rings (SSSR count). The van der Waals surface area contributed by atoms with Crippen LogP contribution in [0.5, 0.6) is 0 Å². The number of rotatable bonds is 2. The highest BCUT2D eigenvalue weighted by atomic mass is 16.2. The van der Waals surface area contributed by atoms with Crippen molar-refractivity contribution in [1.29, 1.82) is 0 Å². The molecule has 9 heteroatoms. The molecular formula is C12H12N6O3. The number of urea groups is 1. The summed E-state index contributed by atoms with van der Waals surface area (Å²) in [5.74, 6) is -0.399. The van der Waals surface area contributed by atoms with Crippen LogP contribution in [0.3, 0.4) is 0 Å². The number of carbonyl (C=O) groups is 3. The van der Waals surface area contributed by atoms with E-state index in [1.54, 1.807) is 0 Å². The van der Waals surface area contributed by atoms with Crippen LogP contribution < -0.4 is 10.6 Å². The van der Waals surface area contributed by atoms with Gasteiger partial charge in [0.1, 0.15) is 11.6 Å². The second-order valence-electron chi connectivity index (χ2n) is 5.57. The Morgan fingerprint density at radius 2 is 2.05 bits per heavy atom. The molecule has 21 heavy (non-hydrogen) atoms. The number of aromatic nitrogens is 3. The SMILES string of the molecule is O=C1NC(=O)C2(N3CC(c4nccnn4)NC3=O)CC1C2. The van der Waals surface area contributed by atoms with Crippen molar-refractivity contribution in [2.45, 2.75) is 24.4 Å². The molecule has 0 radical (unpaired) electrons. The molecule has 1 saturated carbocycles. The first-order valence-electron chi connectivity index (χ1n) is 6.67. The Labute approximate surface area is 119 Å². The molecule has 4 fully saturated rings. The highest BCUT2D eigenvalue weighted by Gasteiger charge is 2.63. The third kappa shape index (κ3) is 1.57. The number of amides is 4. The minimum atomic E-state index is -0.903. The quantitative estimate of drug-likeness (QED) is 0.656. The maximum Gasteiger partial charge on any atom is 0.319 e. The molecule has 3 aliphatic heterocycles. The lowest BCUT2D eigenvalue weighted by atomic mass is 9.63. The van der Waals surface area contributed by atoms with Gasteiger partial charge in [-0.2, -0.15) is 5.10 Å². The zero-order valence-electron chi connectivity index (χ0n) is 10.9. The first kappa shape index (κ1) is 12.2. The first-order valence-corrected chi connectivity index (χ1v) is 6.67. The van der Waals surface area contributed by atoms with Crippen LogP contribution in [0.1, 0.15) is 24.7 Å². The van der Waals surface area contributed by atoms with Gasteiger partial charge in [0, 0.05) is 12.1 Å². The number of carbonyl (C=O) groups excluding carboxylic acids is 3. The van der Waals surface area contributed by atoms with Crippen molar-refractivity contribution >= 4 is 17.8 Å². The van der Waals surface area contributed by atoms with Crippen molar-refractivity contribution in [2.75, 3.05) is 6.54 Å². The third-order valence-electron chi connectivity index (χ3n) is 4.44. The van der Waals surface area contributed by atoms with Gasteiger partial charge in [0.15, 0.2) is 5.82 Å². The number of fused-ring (bicyclic) bond motifs is 2. The summed E-state index contributed by atoms with van der Waals surface area (Å²) in [6, 6.07) is -0.736. The van der Waals surface area contributed by atoms with Gasteiger partial charge in [-0.25, -0.2) is 9.78 Å². The van der Waals surface area contributed by atoms with E-state index in [0.717, 1.165) is 0 Å². The summed E-state index contributed by atoms with van der Waals surface area (Å²) < 4.78 is 0. The van der Waals surface area contributed by atoms with Crippen molar-refractivity contribution < 1.29 is 14.4 Å². The number of nitrogens with one attached hydrogen (secondary N) is 2. The number of imide groups is 1. The Morgan fingerprint density at radius 1 is 1.24 bits per heavy atom. The van der Waals surface area contributed by atoms with Crippen molar-refractivity contribution in [3.63, 3.8) is 0 Å². The van der Waals surface area contributed by atoms with Crippen LogP contribution in [0, 0.1) is 5.92 Å².